The average Bonchev–Trinajstić information content (AvgIpc) is 2.61. The average molecular weight is 330 g/mol. The molecule has 6 nitrogen and oxygen atoms in total. The minimum Gasteiger partial charge on any atom is -0.497 e. The van der Waals surface area contributed by atoms with Crippen molar-refractivity contribution >= 4 is 11.6 Å². The van der Waals surface area contributed by atoms with Crippen molar-refractivity contribution in [3.63, 3.8) is 0 Å². The molecule has 2 aromatic carbocycles. The standard InChI is InChI=1S/C18H22N2O4/c1-22-15-4-3-5-16(10-15)24-14-8-6-13(7-9-14)20-18(21)11-17(12-19)23-2/h3-10,17H,11-12,19H2,1-2H3,(H,20,21). The molecule has 6 heteroatoms. The second kappa shape index (κ2) is 8.90. The Kier molecular flexibility index (Phi) is 6.60. The van der Waals surface area contributed by atoms with Crippen LogP contribution in [0.2, 0.25) is 0 Å². The zero-order valence-electron chi connectivity index (χ0n) is 13.8. The van der Waals surface area contributed by atoms with Crippen LogP contribution in [0.25, 0.3) is 0 Å². The lowest BCUT2D eigenvalue weighted by molar-refractivity contribution is -0.118. The first-order valence-corrected chi connectivity index (χ1v) is 7.59. The number of carbonyl (C=O) groups excluding carboxylic acids is 1. The summed E-state index contributed by atoms with van der Waals surface area (Å²) in [6, 6.07) is 14.5. The molecular weight excluding hydrogens is 308 g/mol. The van der Waals surface area contributed by atoms with Gasteiger partial charge in [0, 0.05) is 25.4 Å². The molecule has 128 valence electrons. The predicted molar refractivity (Wildman–Crippen MR) is 92.6 cm³/mol. The molecule has 1 amide bonds. The maximum absolute atomic E-state index is 11.9. The summed E-state index contributed by atoms with van der Waals surface area (Å²) < 4.78 is 16.0. The molecule has 1 unspecified atom stereocenters. The first kappa shape index (κ1) is 17.8. The summed E-state index contributed by atoms with van der Waals surface area (Å²) in [4.78, 5) is 11.9. The van der Waals surface area contributed by atoms with Crippen LogP contribution in [-0.2, 0) is 9.53 Å². The smallest absolute Gasteiger partial charge is 0.227 e. The minimum atomic E-state index is -0.277. The van der Waals surface area contributed by atoms with Gasteiger partial charge >= 0.3 is 0 Å². The molecule has 3 N–H and O–H groups in total. The van der Waals surface area contributed by atoms with E-state index < -0.39 is 0 Å². The number of hydrogen-bond acceptors (Lipinski definition) is 5. The van der Waals surface area contributed by atoms with Gasteiger partial charge in [0.2, 0.25) is 5.91 Å². The summed E-state index contributed by atoms with van der Waals surface area (Å²) in [6.07, 6.45) is -0.0598. The molecule has 0 heterocycles. The van der Waals surface area contributed by atoms with E-state index in [1.165, 1.54) is 7.11 Å². The Bertz CT molecular complexity index is 654. The highest BCUT2D eigenvalue weighted by Crippen LogP contribution is 2.26. The molecule has 0 aliphatic carbocycles. The maximum Gasteiger partial charge on any atom is 0.227 e. The summed E-state index contributed by atoms with van der Waals surface area (Å²) in [7, 11) is 3.14. The lowest BCUT2D eigenvalue weighted by Gasteiger charge is -2.13. The molecule has 0 saturated carbocycles. The van der Waals surface area contributed by atoms with E-state index in [4.69, 9.17) is 19.9 Å². The monoisotopic (exact) mass is 330 g/mol. The number of carbonyl (C=O) groups is 1. The Hall–Kier alpha value is -2.57. The van der Waals surface area contributed by atoms with Crippen molar-refractivity contribution in [2.45, 2.75) is 12.5 Å². The van der Waals surface area contributed by atoms with Crippen molar-refractivity contribution in [3.8, 4) is 17.2 Å². The van der Waals surface area contributed by atoms with Gasteiger partial charge in [-0.25, -0.2) is 0 Å². The third kappa shape index (κ3) is 5.26. The number of anilines is 1. The van der Waals surface area contributed by atoms with Crippen LogP contribution in [0.4, 0.5) is 5.69 Å². The molecule has 0 spiro atoms. The summed E-state index contributed by atoms with van der Waals surface area (Å²) in [5.74, 6) is 1.92. The summed E-state index contributed by atoms with van der Waals surface area (Å²) >= 11 is 0. The van der Waals surface area contributed by atoms with E-state index in [0.29, 0.717) is 23.7 Å². The number of methoxy groups -OCH3 is 2. The van der Waals surface area contributed by atoms with E-state index in [1.54, 1.807) is 37.4 Å². The normalized spacial score (nSPS) is 11.6. The number of ether oxygens (including phenoxy) is 3. The SMILES string of the molecule is COc1cccc(Oc2ccc(NC(=O)CC(CN)OC)cc2)c1. The Balaban J connectivity index is 1.93. The lowest BCUT2D eigenvalue weighted by atomic mass is 10.2. The van der Waals surface area contributed by atoms with Crippen LogP contribution in [0.15, 0.2) is 48.5 Å². The molecule has 0 radical (unpaired) electrons. The van der Waals surface area contributed by atoms with Crippen LogP contribution in [0.1, 0.15) is 6.42 Å². The zero-order valence-corrected chi connectivity index (χ0v) is 13.8. The molecule has 0 aromatic heterocycles. The first-order chi connectivity index (χ1) is 11.6. The summed E-state index contributed by atoms with van der Waals surface area (Å²) in [6.45, 7) is 0.303. The van der Waals surface area contributed by atoms with Gasteiger partial charge < -0.3 is 25.3 Å². The quantitative estimate of drug-likeness (QED) is 0.778. The Morgan fingerprint density at radius 2 is 1.79 bits per heavy atom. The number of nitrogens with one attached hydrogen (secondary N) is 1. The Morgan fingerprint density at radius 1 is 1.08 bits per heavy atom. The molecule has 2 rings (SSSR count). The zero-order chi connectivity index (χ0) is 17.4. The number of nitrogens with two attached hydrogens (primary N) is 1. The molecule has 1 atom stereocenters. The van der Waals surface area contributed by atoms with E-state index in [9.17, 15) is 4.79 Å². The molecule has 0 saturated heterocycles. The van der Waals surface area contributed by atoms with Crippen LogP contribution in [0.5, 0.6) is 17.2 Å². The third-order valence-electron chi connectivity index (χ3n) is 3.42. The van der Waals surface area contributed by atoms with E-state index in [1.807, 2.05) is 18.2 Å². The van der Waals surface area contributed by atoms with Crippen molar-refractivity contribution < 1.29 is 19.0 Å². The van der Waals surface area contributed by atoms with Crippen molar-refractivity contribution in [2.24, 2.45) is 5.73 Å². The maximum atomic E-state index is 11.9. The summed E-state index contributed by atoms with van der Waals surface area (Å²) in [5.41, 5.74) is 6.19. The molecule has 0 aliphatic rings. The third-order valence-corrected chi connectivity index (χ3v) is 3.42. The highest BCUT2D eigenvalue weighted by atomic mass is 16.5. The molecular formula is C18H22N2O4. The number of rotatable bonds is 8. The van der Waals surface area contributed by atoms with Gasteiger partial charge in [0.25, 0.3) is 0 Å². The lowest BCUT2D eigenvalue weighted by Crippen LogP contribution is -2.28. The van der Waals surface area contributed by atoms with Crippen molar-refractivity contribution in [2.75, 3.05) is 26.1 Å². The van der Waals surface area contributed by atoms with E-state index in [-0.39, 0.29) is 18.4 Å². The molecule has 0 fully saturated rings. The van der Waals surface area contributed by atoms with Gasteiger partial charge in [0.15, 0.2) is 0 Å². The largest absolute Gasteiger partial charge is 0.497 e. The fourth-order valence-electron chi connectivity index (χ4n) is 2.09. The fraction of sp³-hybridized carbons (Fsp3) is 0.278. The van der Waals surface area contributed by atoms with E-state index in [0.717, 1.165) is 5.75 Å². The molecule has 0 aliphatic heterocycles. The van der Waals surface area contributed by atoms with Gasteiger partial charge in [-0.05, 0) is 36.4 Å². The van der Waals surface area contributed by atoms with Gasteiger partial charge in [-0.15, -0.1) is 0 Å². The Morgan fingerprint density at radius 3 is 2.42 bits per heavy atom. The van der Waals surface area contributed by atoms with Gasteiger partial charge in [-0.2, -0.15) is 0 Å². The van der Waals surface area contributed by atoms with Crippen LogP contribution < -0.4 is 20.5 Å². The second-order valence-corrected chi connectivity index (χ2v) is 5.15. The number of amides is 1. The van der Waals surface area contributed by atoms with Crippen LogP contribution >= 0.6 is 0 Å². The Labute approximate surface area is 141 Å². The van der Waals surface area contributed by atoms with Crippen LogP contribution in [0, 0.1) is 0 Å². The van der Waals surface area contributed by atoms with Gasteiger partial charge in [-0.3, -0.25) is 4.79 Å². The number of hydrogen-bond donors (Lipinski definition) is 2. The summed E-state index contributed by atoms with van der Waals surface area (Å²) in [5, 5.41) is 2.80. The predicted octanol–water partition coefficient (Wildman–Crippen LogP) is 2.79. The molecule has 24 heavy (non-hydrogen) atoms. The van der Waals surface area contributed by atoms with Crippen molar-refractivity contribution in [1.29, 1.82) is 0 Å². The van der Waals surface area contributed by atoms with Crippen LogP contribution in [0.3, 0.4) is 0 Å². The molecule has 2 aromatic rings. The number of benzene rings is 2. The van der Waals surface area contributed by atoms with Crippen LogP contribution in [-0.4, -0.2) is 32.8 Å². The van der Waals surface area contributed by atoms with E-state index >= 15 is 0 Å². The van der Waals surface area contributed by atoms with Gasteiger partial charge in [0.05, 0.1) is 19.6 Å². The topological polar surface area (TPSA) is 82.8 Å². The highest BCUT2D eigenvalue weighted by molar-refractivity contribution is 5.91. The minimum absolute atomic E-state index is 0.145. The van der Waals surface area contributed by atoms with E-state index in [2.05, 4.69) is 5.32 Å². The highest BCUT2D eigenvalue weighted by Gasteiger charge is 2.11. The first-order valence-electron chi connectivity index (χ1n) is 7.59. The molecule has 0 bridgehead atoms. The fourth-order valence-corrected chi connectivity index (χ4v) is 2.09. The van der Waals surface area contributed by atoms with Crippen molar-refractivity contribution in [1.82, 2.24) is 0 Å². The van der Waals surface area contributed by atoms with Gasteiger partial charge in [-0.1, -0.05) is 6.07 Å². The van der Waals surface area contributed by atoms with Gasteiger partial charge in [0.1, 0.15) is 17.2 Å². The van der Waals surface area contributed by atoms with Crippen molar-refractivity contribution in [3.05, 3.63) is 48.5 Å². The second-order valence-electron chi connectivity index (χ2n) is 5.15.